The quantitative estimate of drug-likeness (QED) is 0.148. The first kappa shape index (κ1) is 28.4. The van der Waals surface area contributed by atoms with Gasteiger partial charge in [-0.05, 0) is 19.3 Å². The van der Waals surface area contributed by atoms with Crippen LogP contribution in [0.2, 0.25) is 0 Å². The molecule has 184 valence electrons. The Balaban J connectivity index is 1.83. The van der Waals surface area contributed by atoms with Gasteiger partial charge >= 0.3 is 0 Å². The van der Waals surface area contributed by atoms with Crippen LogP contribution < -0.4 is 0 Å². The van der Waals surface area contributed by atoms with E-state index in [-0.39, 0.29) is 0 Å². The summed E-state index contributed by atoms with van der Waals surface area (Å²) < 4.78 is 0. The third-order valence-corrected chi connectivity index (χ3v) is 7.18. The monoisotopic (exact) mass is 434 g/mol. The maximum absolute atomic E-state index is 2.59. The van der Waals surface area contributed by atoms with Gasteiger partial charge in [0.2, 0.25) is 0 Å². The van der Waals surface area contributed by atoms with Crippen LogP contribution in [0.1, 0.15) is 155 Å². The van der Waals surface area contributed by atoms with Crippen molar-refractivity contribution in [3.63, 3.8) is 0 Å². The Bertz CT molecular complexity index is 392. The summed E-state index contributed by atoms with van der Waals surface area (Å²) in [6.45, 7) is 5.85. The van der Waals surface area contributed by atoms with Crippen molar-refractivity contribution in [1.82, 2.24) is 9.80 Å². The van der Waals surface area contributed by atoms with E-state index in [4.69, 9.17) is 0 Å². The fourth-order valence-corrected chi connectivity index (χ4v) is 4.99. The van der Waals surface area contributed by atoms with Crippen LogP contribution in [0.4, 0.5) is 0 Å². The smallest absolute Gasteiger partial charge is 0.100 e. The van der Waals surface area contributed by atoms with Gasteiger partial charge in [-0.15, -0.1) is 0 Å². The molecule has 0 fully saturated rings. The highest BCUT2D eigenvalue weighted by molar-refractivity contribution is 4.95. The molecular weight excluding hydrogens is 376 g/mol. The van der Waals surface area contributed by atoms with Gasteiger partial charge in [-0.25, -0.2) is 0 Å². The largest absolute Gasteiger partial charge is 0.359 e. The number of hydrogen-bond donors (Lipinski definition) is 0. The number of unbranched alkanes of at least 4 members (excludes halogenated alkanes) is 19. The second-order valence-electron chi connectivity index (χ2n) is 10.2. The molecule has 1 atom stereocenters. The lowest BCUT2D eigenvalue weighted by Gasteiger charge is -2.30. The van der Waals surface area contributed by atoms with E-state index < -0.39 is 0 Å². The maximum Gasteiger partial charge on any atom is 0.100 e. The lowest BCUT2D eigenvalue weighted by Crippen LogP contribution is -2.37. The molecule has 0 aromatic heterocycles. The lowest BCUT2D eigenvalue weighted by atomic mass is 10.0. The van der Waals surface area contributed by atoms with Gasteiger partial charge in [0.25, 0.3) is 0 Å². The van der Waals surface area contributed by atoms with E-state index in [2.05, 4.69) is 43.1 Å². The van der Waals surface area contributed by atoms with Gasteiger partial charge in [-0.3, -0.25) is 0 Å². The molecule has 0 bridgehead atoms. The minimum atomic E-state index is 0.623. The zero-order valence-corrected chi connectivity index (χ0v) is 21.9. The van der Waals surface area contributed by atoms with Crippen LogP contribution in [0, 0.1) is 0 Å². The second-order valence-corrected chi connectivity index (χ2v) is 10.2. The summed E-state index contributed by atoms with van der Waals surface area (Å²) in [6, 6.07) is 0. The van der Waals surface area contributed by atoms with Crippen molar-refractivity contribution in [2.75, 3.05) is 13.6 Å². The van der Waals surface area contributed by atoms with Gasteiger partial charge in [-0.1, -0.05) is 136 Å². The third kappa shape index (κ3) is 15.7. The predicted molar refractivity (Wildman–Crippen MR) is 140 cm³/mol. The molecule has 2 nitrogen and oxygen atoms in total. The van der Waals surface area contributed by atoms with Gasteiger partial charge in [0.1, 0.15) is 6.17 Å². The molecule has 31 heavy (non-hydrogen) atoms. The molecule has 0 amide bonds. The summed E-state index contributed by atoms with van der Waals surface area (Å²) in [4.78, 5) is 5.01. The zero-order chi connectivity index (χ0) is 22.4. The van der Waals surface area contributed by atoms with Crippen molar-refractivity contribution in [3.05, 3.63) is 12.4 Å². The van der Waals surface area contributed by atoms with Crippen molar-refractivity contribution in [2.45, 2.75) is 161 Å². The van der Waals surface area contributed by atoms with Crippen LogP contribution in [-0.2, 0) is 0 Å². The molecule has 1 rings (SSSR count). The lowest BCUT2D eigenvalue weighted by molar-refractivity contribution is 0.159. The van der Waals surface area contributed by atoms with E-state index in [0.717, 1.165) is 0 Å². The number of rotatable bonds is 23. The molecule has 0 N–H and O–H groups in total. The number of hydrogen-bond acceptors (Lipinski definition) is 2. The molecule has 0 aliphatic carbocycles. The van der Waals surface area contributed by atoms with E-state index >= 15 is 0 Å². The molecule has 1 aliphatic rings. The van der Waals surface area contributed by atoms with E-state index in [1.165, 1.54) is 148 Å². The third-order valence-electron chi connectivity index (χ3n) is 7.18. The normalized spacial score (nSPS) is 16.0. The fourth-order valence-electron chi connectivity index (χ4n) is 4.99. The van der Waals surface area contributed by atoms with Crippen molar-refractivity contribution in [2.24, 2.45) is 0 Å². The highest BCUT2D eigenvalue weighted by Crippen LogP contribution is 2.21. The van der Waals surface area contributed by atoms with Gasteiger partial charge in [0.15, 0.2) is 0 Å². The Morgan fingerprint density at radius 1 is 0.484 bits per heavy atom. The Morgan fingerprint density at radius 2 is 0.871 bits per heavy atom. The van der Waals surface area contributed by atoms with E-state index in [1.807, 2.05) is 0 Å². The van der Waals surface area contributed by atoms with Crippen LogP contribution in [0.3, 0.4) is 0 Å². The molecule has 1 unspecified atom stereocenters. The molecule has 1 heterocycles. The molecule has 2 heteroatoms. The first-order chi connectivity index (χ1) is 15.3. The fraction of sp³-hybridized carbons (Fsp3) is 0.931. The first-order valence-electron chi connectivity index (χ1n) is 14.5. The van der Waals surface area contributed by atoms with Crippen molar-refractivity contribution in [1.29, 1.82) is 0 Å². The molecule has 0 saturated carbocycles. The van der Waals surface area contributed by atoms with Crippen LogP contribution in [0.25, 0.3) is 0 Å². The molecule has 1 aliphatic heterocycles. The molecule has 0 aromatic rings. The summed E-state index contributed by atoms with van der Waals surface area (Å²) in [5.74, 6) is 0. The van der Waals surface area contributed by atoms with Gasteiger partial charge in [-0.2, -0.15) is 0 Å². The predicted octanol–water partition coefficient (Wildman–Crippen LogP) is 9.65. The molecule has 0 saturated heterocycles. The average Bonchev–Trinajstić information content (AvgIpc) is 3.12. The summed E-state index contributed by atoms with van der Waals surface area (Å²) in [6.07, 6.45) is 36.7. The maximum atomic E-state index is 2.59. The SMILES string of the molecule is CCCCCCCCCCCCCCCCCCCN1C=CN(C)C1CCCCCC. The molecule has 0 radical (unpaired) electrons. The molecule has 0 spiro atoms. The Morgan fingerprint density at radius 3 is 1.32 bits per heavy atom. The Hall–Kier alpha value is -0.660. The summed E-state index contributed by atoms with van der Waals surface area (Å²) >= 11 is 0. The minimum absolute atomic E-state index is 0.623. The summed E-state index contributed by atoms with van der Waals surface area (Å²) in [5, 5.41) is 0. The van der Waals surface area contributed by atoms with Crippen LogP contribution in [0.5, 0.6) is 0 Å². The second kappa shape index (κ2) is 21.2. The zero-order valence-electron chi connectivity index (χ0n) is 21.9. The summed E-state index contributed by atoms with van der Waals surface area (Å²) in [5.41, 5.74) is 0. The van der Waals surface area contributed by atoms with Crippen molar-refractivity contribution in [3.8, 4) is 0 Å². The van der Waals surface area contributed by atoms with Crippen LogP contribution >= 0.6 is 0 Å². The topological polar surface area (TPSA) is 6.48 Å². The highest BCUT2D eigenvalue weighted by atomic mass is 15.4. The van der Waals surface area contributed by atoms with Crippen molar-refractivity contribution >= 4 is 0 Å². The van der Waals surface area contributed by atoms with Crippen molar-refractivity contribution < 1.29 is 0 Å². The van der Waals surface area contributed by atoms with Crippen LogP contribution in [0.15, 0.2) is 12.4 Å². The first-order valence-corrected chi connectivity index (χ1v) is 14.5. The molecular formula is C29H58N2. The number of nitrogens with zero attached hydrogens (tertiary/aromatic N) is 2. The Labute approximate surface area is 197 Å². The minimum Gasteiger partial charge on any atom is -0.359 e. The van der Waals surface area contributed by atoms with Gasteiger partial charge in [0.05, 0.1) is 0 Å². The van der Waals surface area contributed by atoms with E-state index in [0.29, 0.717) is 6.17 Å². The van der Waals surface area contributed by atoms with Crippen LogP contribution in [-0.4, -0.2) is 29.6 Å². The van der Waals surface area contributed by atoms with E-state index in [1.54, 1.807) is 0 Å². The standard InChI is InChI=1S/C29H58N2/c1-4-6-8-10-11-12-13-14-15-16-17-18-19-20-21-22-24-26-31-28-27-30(3)29(31)25-23-9-7-5-2/h27-29H,4-26H2,1-3H3. The van der Waals surface area contributed by atoms with E-state index in [9.17, 15) is 0 Å². The van der Waals surface area contributed by atoms with Gasteiger partial charge in [0, 0.05) is 26.0 Å². The highest BCUT2D eigenvalue weighted by Gasteiger charge is 2.22. The Kier molecular flexibility index (Phi) is 19.4. The summed E-state index contributed by atoms with van der Waals surface area (Å²) in [7, 11) is 2.25. The average molecular weight is 435 g/mol. The molecule has 0 aromatic carbocycles. The van der Waals surface area contributed by atoms with Gasteiger partial charge < -0.3 is 9.80 Å².